The predicted molar refractivity (Wildman–Crippen MR) is 114 cm³/mol. The molecule has 8 heteroatoms. The summed E-state index contributed by atoms with van der Waals surface area (Å²) >= 11 is 0. The van der Waals surface area contributed by atoms with Crippen molar-refractivity contribution >= 4 is 5.65 Å². The summed E-state index contributed by atoms with van der Waals surface area (Å²) in [6.07, 6.45) is 3.91. The Bertz CT molecular complexity index is 1280. The van der Waals surface area contributed by atoms with Crippen LogP contribution in [-0.4, -0.2) is 40.0 Å². The van der Waals surface area contributed by atoms with Gasteiger partial charge in [0.25, 0.3) is 0 Å². The summed E-state index contributed by atoms with van der Waals surface area (Å²) in [6.45, 7) is 4.96. The molecule has 3 heterocycles. The van der Waals surface area contributed by atoms with Gasteiger partial charge in [-0.2, -0.15) is 9.84 Å². The first-order valence-corrected chi connectivity index (χ1v) is 10.1. The van der Waals surface area contributed by atoms with Gasteiger partial charge in [-0.15, -0.1) is 15.3 Å². The van der Waals surface area contributed by atoms with Crippen molar-refractivity contribution in [3.8, 4) is 22.5 Å². The largest absolute Gasteiger partial charge is 0.266 e. The molecule has 0 saturated heterocycles. The zero-order valence-corrected chi connectivity index (χ0v) is 16.9. The molecule has 0 saturated carbocycles. The van der Waals surface area contributed by atoms with Crippen LogP contribution in [0.15, 0.2) is 54.7 Å². The number of fused-ring (bicyclic) bond motifs is 1. The van der Waals surface area contributed by atoms with Crippen LogP contribution in [0.25, 0.3) is 28.2 Å². The summed E-state index contributed by atoms with van der Waals surface area (Å²) in [6, 6.07) is 16.6. The van der Waals surface area contributed by atoms with Gasteiger partial charge < -0.3 is 0 Å². The van der Waals surface area contributed by atoms with Crippen LogP contribution >= 0.6 is 0 Å². The van der Waals surface area contributed by atoms with E-state index in [4.69, 9.17) is 0 Å². The van der Waals surface area contributed by atoms with Crippen molar-refractivity contribution < 1.29 is 0 Å². The van der Waals surface area contributed by atoms with Crippen LogP contribution in [-0.2, 0) is 19.4 Å². The summed E-state index contributed by atoms with van der Waals surface area (Å²) in [5.74, 6) is 1.47. The van der Waals surface area contributed by atoms with Gasteiger partial charge in [-0.3, -0.25) is 4.68 Å². The van der Waals surface area contributed by atoms with Gasteiger partial charge in [0.1, 0.15) is 0 Å². The van der Waals surface area contributed by atoms with E-state index in [2.05, 4.69) is 85.8 Å². The van der Waals surface area contributed by atoms with Crippen molar-refractivity contribution in [2.24, 2.45) is 0 Å². The van der Waals surface area contributed by atoms with Crippen molar-refractivity contribution in [2.45, 2.75) is 33.2 Å². The molecule has 0 aliphatic rings. The van der Waals surface area contributed by atoms with Crippen LogP contribution in [0.4, 0.5) is 0 Å². The van der Waals surface area contributed by atoms with E-state index in [0.717, 1.165) is 47.5 Å². The van der Waals surface area contributed by atoms with E-state index in [0.29, 0.717) is 5.82 Å². The second-order valence-corrected chi connectivity index (χ2v) is 7.18. The molecule has 5 rings (SSSR count). The molecule has 0 atom stereocenters. The summed E-state index contributed by atoms with van der Waals surface area (Å²) in [4.78, 5) is 4.66. The molecular weight excluding hydrogens is 376 g/mol. The molecule has 8 nitrogen and oxygen atoms in total. The fraction of sp³-hybridized carbons (Fsp3) is 0.227. The van der Waals surface area contributed by atoms with Crippen LogP contribution in [0.3, 0.4) is 0 Å². The van der Waals surface area contributed by atoms with Crippen LogP contribution < -0.4 is 0 Å². The molecule has 0 amide bonds. The van der Waals surface area contributed by atoms with Gasteiger partial charge in [0.05, 0.1) is 6.54 Å². The number of benzene rings is 2. The first-order chi connectivity index (χ1) is 14.8. The summed E-state index contributed by atoms with van der Waals surface area (Å²) in [7, 11) is 0. The van der Waals surface area contributed by atoms with Gasteiger partial charge in [-0.05, 0) is 28.3 Å². The minimum atomic E-state index is 0.592. The van der Waals surface area contributed by atoms with E-state index in [-0.39, 0.29) is 0 Å². The highest BCUT2D eigenvalue weighted by Crippen LogP contribution is 2.29. The fourth-order valence-corrected chi connectivity index (χ4v) is 3.71. The third-order valence-corrected chi connectivity index (χ3v) is 5.29. The number of hydrogen-bond acceptors (Lipinski definition) is 5. The van der Waals surface area contributed by atoms with Crippen LogP contribution in [0.5, 0.6) is 0 Å². The van der Waals surface area contributed by atoms with Crippen LogP contribution in [0, 0.1) is 0 Å². The van der Waals surface area contributed by atoms with Gasteiger partial charge in [0.2, 0.25) is 5.82 Å². The van der Waals surface area contributed by atoms with Crippen molar-refractivity contribution in [3.05, 3.63) is 71.7 Å². The molecule has 0 fully saturated rings. The van der Waals surface area contributed by atoms with Crippen molar-refractivity contribution in [2.75, 3.05) is 0 Å². The third kappa shape index (κ3) is 3.16. The normalized spacial score (nSPS) is 11.4. The number of aromatic nitrogens is 8. The molecule has 0 radical (unpaired) electrons. The summed E-state index contributed by atoms with van der Waals surface area (Å²) in [5, 5.41) is 19.1. The molecule has 0 bridgehead atoms. The van der Waals surface area contributed by atoms with E-state index in [1.807, 2.05) is 22.8 Å². The summed E-state index contributed by atoms with van der Waals surface area (Å²) < 4.78 is 4.06. The Balaban J connectivity index is 1.46. The Morgan fingerprint density at radius 3 is 2.43 bits per heavy atom. The maximum atomic E-state index is 4.66. The van der Waals surface area contributed by atoms with E-state index in [9.17, 15) is 0 Å². The minimum Gasteiger partial charge on any atom is -0.266 e. The maximum absolute atomic E-state index is 4.66. The first-order valence-electron chi connectivity index (χ1n) is 10.1. The number of nitrogens with zero attached hydrogens (tertiary/aromatic N) is 7. The molecule has 0 aliphatic heterocycles. The molecule has 3 aromatic heterocycles. The lowest BCUT2D eigenvalue weighted by Crippen LogP contribution is -2.07. The first kappa shape index (κ1) is 18.2. The van der Waals surface area contributed by atoms with Crippen LogP contribution in [0.1, 0.15) is 30.8 Å². The molecule has 0 spiro atoms. The molecule has 150 valence electrons. The molecule has 5 aromatic rings. The van der Waals surface area contributed by atoms with Crippen LogP contribution in [0.2, 0.25) is 0 Å². The second-order valence-electron chi connectivity index (χ2n) is 7.18. The molecular formula is C22H22N8. The average molecular weight is 398 g/mol. The second kappa shape index (κ2) is 7.55. The molecule has 1 N–H and O–H groups in total. The highest BCUT2D eigenvalue weighted by Gasteiger charge is 2.13. The summed E-state index contributed by atoms with van der Waals surface area (Å²) in [5.41, 5.74) is 6.51. The Morgan fingerprint density at radius 1 is 0.933 bits per heavy atom. The Morgan fingerprint density at radius 2 is 1.73 bits per heavy atom. The van der Waals surface area contributed by atoms with Gasteiger partial charge in [0.15, 0.2) is 11.5 Å². The highest BCUT2D eigenvalue weighted by molar-refractivity contribution is 5.80. The molecule has 0 unspecified atom stereocenters. The molecule has 30 heavy (non-hydrogen) atoms. The standard InChI is InChI=1S/C22H22N8/c1-3-16-14-29(30-22(16)23-20(4-2)26-30)13-15-9-11-17(12-10-15)18-7-5-6-8-19(18)21-24-27-28-25-21/h5-12,14H,3-4,13H2,1-2H3,(H,24,25,27,28). The maximum Gasteiger partial charge on any atom is 0.205 e. The van der Waals surface area contributed by atoms with Gasteiger partial charge in [-0.1, -0.05) is 62.4 Å². The Kier molecular flexibility index (Phi) is 4.59. The molecule has 2 aromatic carbocycles. The van der Waals surface area contributed by atoms with E-state index < -0.39 is 0 Å². The number of hydrogen-bond donors (Lipinski definition) is 1. The average Bonchev–Trinajstić information content (AvgIpc) is 3.52. The zero-order valence-electron chi connectivity index (χ0n) is 16.9. The lowest BCUT2D eigenvalue weighted by atomic mass is 9.98. The lowest BCUT2D eigenvalue weighted by Gasteiger charge is -2.09. The topological polar surface area (TPSA) is 89.6 Å². The van der Waals surface area contributed by atoms with Crippen molar-refractivity contribution in [3.63, 3.8) is 0 Å². The van der Waals surface area contributed by atoms with E-state index in [1.165, 1.54) is 11.1 Å². The van der Waals surface area contributed by atoms with Gasteiger partial charge in [0, 0.05) is 23.7 Å². The number of aryl methyl sites for hydroxylation is 2. The van der Waals surface area contributed by atoms with Gasteiger partial charge in [-0.25, -0.2) is 4.98 Å². The predicted octanol–water partition coefficient (Wildman–Crippen LogP) is 3.55. The number of tetrazole rings is 1. The highest BCUT2D eigenvalue weighted by atomic mass is 15.5. The SMILES string of the molecule is CCc1nc2c(CC)cn(Cc3ccc(-c4ccccc4-c4nn[nH]n4)cc3)n2n1. The number of nitrogens with one attached hydrogen (secondary N) is 1. The molecule has 0 aliphatic carbocycles. The Labute approximate surface area is 173 Å². The van der Waals surface area contributed by atoms with E-state index in [1.54, 1.807) is 0 Å². The van der Waals surface area contributed by atoms with Crippen molar-refractivity contribution in [1.29, 1.82) is 0 Å². The third-order valence-electron chi connectivity index (χ3n) is 5.29. The lowest BCUT2D eigenvalue weighted by molar-refractivity contribution is 0.580. The quantitative estimate of drug-likeness (QED) is 0.472. The zero-order chi connectivity index (χ0) is 20.5. The monoisotopic (exact) mass is 398 g/mol. The van der Waals surface area contributed by atoms with E-state index >= 15 is 0 Å². The number of rotatable bonds is 6. The number of aromatic amines is 1. The smallest absolute Gasteiger partial charge is 0.205 e. The fourth-order valence-electron chi connectivity index (χ4n) is 3.71. The van der Waals surface area contributed by atoms with Gasteiger partial charge >= 0.3 is 0 Å². The minimum absolute atomic E-state index is 0.592. The number of H-pyrrole nitrogens is 1. The van der Waals surface area contributed by atoms with Crippen molar-refractivity contribution in [1.82, 2.24) is 40.0 Å². The Hall–Kier alpha value is -3.81.